The summed E-state index contributed by atoms with van der Waals surface area (Å²) >= 11 is 1.69. The number of nitrogens with one attached hydrogen (secondary N) is 1. The highest BCUT2D eigenvalue weighted by Crippen LogP contribution is 2.30. The second-order valence-corrected chi connectivity index (χ2v) is 7.61. The highest BCUT2D eigenvalue weighted by Gasteiger charge is 2.28. The van der Waals surface area contributed by atoms with Gasteiger partial charge in [0.25, 0.3) is 0 Å². The molecule has 24 heavy (non-hydrogen) atoms. The maximum Gasteiger partial charge on any atom is 0.225 e. The van der Waals surface area contributed by atoms with E-state index in [0.29, 0.717) is 18.4 Å². The molecular formula is C18H29N3O2S. The largest absolute Gasteiger partial charge is 0.356 e. The Hall–Kier alpha value is -1.43. The average Bonchev–Trinajstić information content (AvgIpc) is 3.03. The van der Waals surface area contributed by atoms with Gasteiger partial charge in [-0.15, -0.1) is 11.3 Å². The van der Waals surface area contributed by atoms with E-state index in [-0.39, 0.29) is 11.8 Å². The van der Waals surface area contributed by atoms with Crippen LogP contribution in [0.5, 0.6) is 0 Å². The third-order valence-corrected chi connectivity index (χ3v) is 5.61. The predicted molar refractivity (Wildman–Crippen MR) is 97.1 cm³/mol. The number of piperidine rings is 1. The lowest BCUT2D eigenvalue weighted by molar-refractivity contribution is -0.136. The van der Waals surface area contributed by atoms with Crippen LogP contribution in [0.1, 0.15) is 63.1 Å². The molecule has 2 atom stereocenters. The molecule has 1 aromatic rings. The zero-order valence-electron chi connectivity index (χ0n) is 15.0. The Morgan fingerprint density at radius 3 is 3.00 bits per heavy atom. The molecule has 1 N–H and O–H groups in total. The Labute approximate surface area is 148 Å². The van der Waals surface area contributed by atoms with E-state index in [2.05, 4.69) is 17.6 Å². The number of hydrogen-bond donors (Lipinski definition) is 1. The van der Waals surface area contributed by atoms with Crippen LogP contribution in [0.25, 0.3) is 0 Å². The summed E-state index contributed by atoms with van der Waals surface area (Å²) in [6.07, 6.45) is 4.93. The normalized spacial score (nSPS) is 19.1. The van der Waals surface area contributed by atoms with Gasteiger partial charge in [-0.1, -0.05) is 20.3 Å². The number of hydrogen-bond acceptors (Lipinski definition) is 4. The lowest BCUT2D eigenvalue weighted by Gasteiger charge is -2.33. The summed E-state index contributed by atoms with van der Waals surface area (Å²) in [6, 6.07) is 0. The molecule has 0 spiro atoms. The van der Waals surface area contributed by atoms with E-state index in [0.717, 1.165) is 55.9 Å². The highest BCUT2D eigenvalue weighted by atomic mass is 32.1. The quantitative estimate of drug-likeness (QED) is 0.821. The molecule has 0 bridgehead atoms. The van der Waals surface area contributed by atoms with Crippen LogP contribution in [-0.4, -0.2) is 41.3 Å². The third kappa shape index (κ3) is 5.30. The zero-order valence-corrected chi connectivity index (χ0v) is 15.8. The molecule has 134 valence electrons. The maximum absolute atomic E-state index is 12.5. The predicted octanol–water partition coefficient (Wildman–Crippen LogP) is 2.96. The van der Waals surface area contributed by atoms with Crippen molar-refractivity contribution in [2.45, 2.75) is 58.8 Å². The van der Waals surface area contributed by atoms with Gasteiger partial charge in [0.15, 0.2) is 0 Å². The molecular weight excluding hydrogens is 322 g/mol. The van der Waals surface area contributed by atoms with Gasteiger partial charge in [0.05, 0.1) is 10.7 Å². The van der Waals surface area contributed by atoms with Gasteiger partial charge in [-0.25, -0.2) is 4.98 Å². The Kier molecular flexibility index (Phi) is 7.21. The number of likely N-dealkylation sites (tertiary alicyclic amines) is 1. The van der Waals surface area contributed by atoms with Crippen LogP contribution < -0.4 is 5.32 Å². The Balaban J connectivity index is 1.91. The molecule has 2 amide bonds. The van der Waals surface area contributed by atoms with Crippen LogP contribution in [0.15, 0.2) is 5.38 Å². The fourth-order valence-corrected chi connectivity index (χ4v) is 4.22. The lowest BCUT2D eigenvalue weighted by Crippen LogP contribution is -2.41. The second-order valence-electron chi connectivity index (χ2n) is 6.72. The molecule has 0 aromatic carbocycles. The van der Waals surface area contributed by atoms with E-state index in [1.807, 2.05) is 11.8 Å². The van der Waals surface area contributed by atoms with Crippen molar-refractivity contribution in [3.8, 4) is 0 Å². The molecule has 1 saturated heterocycles. The van der Waals surface area contributed by atoms with Gasteiger partial charge in [0.1, 0.15) is 0 Å². The van der Waals surface area contributed by atoms with Crippen molar-refractivity contribution in [3.63, 3.8) is 0 Å². The van der Waals surface area contributed by atoms with Gasteiger partial charge in [-0.05, 0) is 19.3 Å². The molecule has 1 aromatic heterocycles. The summed E-state index contributed by atoms with van der Waals surface area (Å²) in [5, 5.41) is 6.02. The molecule has 1 fully saturated rings. The van der Waals surface area contributed by atoms with E-state index in [1.165, 1.54) is 6.92 Å². The first-order chi connectivity index (χ1) is 11.5. The third-order valence-electron chi connectivity index (χ3n) is 4.55. The summed E-state index contributed by atoms with van der Waals surface area (Å²) in [7, 11) is 0. The first-order valence-electron chi connectivity index (χ1n) is 8.98. The minimum Gasteiger partial charge on any atom is -0.356 e. The van der Waals surface area contributed by atoms with E-state index < -0.39 is 0 Å². The number of amides is 2. The number of carbonyl (C=O) groups is 2. The van der Waals surface area contributed by atoms with Crippen molar-refractivity contribution in [1.29, 1.82) is 0 Å². The number of carbonyl (C=O) groups excluding carboxylic acids is 2. The molecule has 2 rings (SSSR count). The fourth-order valence-electron chi connectivity index (χ4n) is 3.24. The molecule has 2 heterocycles. The first-order valence-corrected chi connectivity index (χ1v) is 9.86. The molecule has 5 nitrogen and oxygen atoms in total. The van der Waals surface area contributed by atoms with Crippen LogP contribution >= 0.6 is 11.3 Å². The lowest BCUT2D eigenvalue weighted by atomic mass is 9.96. The molecule has 1 aliphatic heterocycles. The number of aromatic nitrogens is 1. The SMILES string of the molecule is CCC[C@H](C)C(=O)N1CCC[C@@H](c2nc(CCNC(C)=O)cs2)C1. The number of rotatable bonds is 7. The van der Waals surface area contributed by atoms with Crippen molar-refractivity contribution >= 4 is 23.2 Å². The second kappa shape index (κ2) is 9.16. The van der Waals surface area contributed by atoms with Crippen molar-refractivity contribution < 1.29 is 9.59 Å². The highest BCUT2D eigenvalue weighted by molar-refractivity contribution is 7.09. The minimum atomic E-state index is -0.00640. The van der Waals surface area contributed by atoms with E-state index in [9.17, 15) is 9.59 Å². The van der Waals surface area contributed by atoms with Crippen LogP contribution in [0.2, 0.25) is 0 Å². The van der Waals surface area contributed by atoms with Crippen molar-refractivity contribution in [2.24, 2.45) is 5.92 Å². The summed E-state index contributed by atoms with van der Waals surface area (Å²) in [5.74, 6) is 0.770. The summed E-state index contributed by atoms with van der Waals surface area (Å²) in [4.78, 5) is 30.2. The van der Waals surface area contributed by atoms with Crippen molar-refractivity contribution in [2.75, 3.05) is 19.6 Å². The summed E-state index contributed by atoms with van der Waals surface area (Å²) in [6.45, 7) is 8.00. The van der Waals surface area contributed by atoms with Gasteiger partial charge < -0.3 is 10.2 Å². The van der Waals surface area contributed by atoms with Crippen molar-refractivity contribution in [3.05, 3.63) is 16.1 Å². The van der Waals surface area contributed by atoms with E-state index in [4.69, 9.17) is 4.98 Å². The van der Waals surface area contributed by atoms with Crippen LogP contribution in [0.4, 0.5) is 0 Å². The summed E-state index contributed by atoms with van der Waals surface area (Å²) < 4.78 is 0. The molecule has 0 radical (unpaired) electrons. The van der Waals surface area contributed by atoms with Crippen LogP contribution in [-0.2, 0) is 16.0 Å². The van der Waals surface area contributed by atoms with E-state index >= 15 is 0 Å². The topological polar surface area (TPSA) is 62.3 Å². The van der Waals surface area contributed by atoms with Gasteiger partial charge >= 0.3 is 0 Å². The summed E-state index contributed by atoms with van der Waals surface area (Å²) in [5.41, 5.74) is 1.03. The maximum atomic E-state index is 12.5. The minimum absolute atomic E-state index is 0.00640. The zero-order chi connectivity index (χ0) is 17.5. The molecule has 1 aliphatic rings. The van der Waals surface area contributed by atoms with E-state index in [1.54, 1.807) is 11.3 Å². The Bertz CT molecular complexity index is 558. The number of thiazole rings is 1. The number of nitrogens with zero attached hydrogens (tertiary/aromatic N) is 2. The molecule has 6 heteroatoms. The van der Waals surface area contributed by atoms with Crippen LogP contribution in [0, 0.1) is 5.92 Å². The van der Waals surface area contributed by atoms with Gasteiger partial charge in [-0.3, -0.25) is 9.59 Å². The van der Waals surface area contributed by atoms with Gasteiger partial charge in [-0.2, -0.15) is 0 Å². The Morgan fingerprint density at radius 2 is 2.29 bits per heavy atom. The standard InChI is InChI=1S/C18H29N3O2S/c1-4-6-13(2)18(23)21-10-5-7-15(11-21)17-20-16(12-24-17)8-9-19-14(3)22/h12-13,15H,4-11H2,1-3H3,(H,19,22)/t13-,15+/m0/s1. The first kappa shape index (κ1) is 18.9. The smallest absolute Gasteiger partial charge is 0.225 e. The van der Waals surface area contributed by atoms with Gasteiger partial charge in [0, 0.05) is 50.2 Å². The average molecular weight is 352 g/mol. The van der Waals surface area contributed by atoms with Gasteiger partial charge in [0.2, 0.25) is 11.8 Å². The molecule has 0 saturated carbocycles. The monoisotopic (exact) mass is 351 g/mol. The van der Waals surface area contributed by atoms with Crippen LogP contribution in [0.3, 0.4) is 0 Å². The molecule has 0 aliphatic carbocycles. The van der Waals surface area contributed by atoms with Crippen molar-refractivity contribution in [1.82, 2.24) is 15.2 Å². The fraction of sp³-hybridized carbons (Fsp3) is 0.722. The molecule has 0 unspecified atom stereocenters. The Morgan fingerprint density at radius 1 is 1.50 bits per heavy atom.